The topological polar surface area (TPSA) is 61.9 Å². The van der Waals surface area contributed by atoms with Crippen LogP contribution in [0.4, 0.5) is 0 Å². The number of pyridine rings is 2. The molecule has 0 aliphatic rings. The van der Waals surface area contributed by atoms with Crippen LogP contribution in [0.2, 0.25) is 0 Å². The van der Waals surface area contributed by atoms with Gasteiger partial charge in [-0.1, -0.05) is 309 Å². The van der Waals surface area contributed by atoms with Gasteiger partial charge in [-0.3, -0.25) is 0 Å². The molecular weight excluding hydrogens is 1410 g/mol. The number of furan rings is 2. The summed E-state index contributed by atoms with van der Waals surface area (Å²) < 4.78 is 18.0. The number of aromatic nitrogens is 4. The molecule has 0 atom stereocenters. The fraction of sp³-hybridized carbons (Fsp3) is 0. The maximum atomic E-state index is 6.62. The summed E-state index contributed by atoms with van der Waals surface area (Å²) >= 11 is 0. The smallest absolute Gasteiger partial charge is 0.136 e. The highest BCUT2D eigenvalue weighted by atomic mass is 16.3. The fourth-order valence-corrected chi connectivity index (χ4v) is 18.3. The average molecular weight is 1480 g/mol. The van der Waals surface area contributed by atoms with Gasteiger partial charge in [0, 0.05) is 109 Å². The Kier molecular flexibility index (Phi) is 15.5. The van der Waals surface area contributed by atoms with Crippen molar-refractivity contribution in [2.75, 3.05) is 0 Å². The Morgan fingerprint density at radius 1 is 0.172 bits per heavy atom. The molecule has 24 rings (SSSR count). The van der Waals surface area contributed by atoms with Gasteiger partial charge in [0.15, 0.2) is 0 Å². The molecule has 0 saturated heterocycles. The normalized spacial score (nSPS) is 11.8. The molecule has 116 heavy (non-hydrogen) atoms. The van der Waals surface area contributed by atoms with Gasteiger partial charge >= 0.3 is 0 Å². The van der Waals surface area contributed by atoms with Crippen LogP contribution in [0.15, 0.2) is 421 Å². The van der Waals surface area contributed by atoms with Crippen molar-refractivity contribution in [1.29, 1.82) is 0 Å². The maximum absolute atomic E-state index is 6.62. The number of benzene rings is 18. The monoisotopic (exact) mass is 1480 g/mol. The molecule has 0 bridgehead atoms. The highest BCUT2D eigenvalue weighted by Crippen LogP contribution is 2.50. The van der Waals surface area contributed by atoms with E-state index in [0.717, 1.165) is 138 Å². The Morgan fingerprint density at radius 2 is 0.500 bits per heavy atom. The molecule has 6 aromatic heterocycles. The van der Waals surface area contributed by atoms with Crippen molar-refractivity contribution in [3.63, 3.8) is 0 Å². The summed E-state index contributed by atoms with van der Waals surface area (Å²) in [6.07, 6.45) is 0. The van der Waals surface area contributed by atoms with E-state index in [9.17, 15) is 0 Å². The van der Waals surface area contributed by atoms with Gasteiger partial charge in [-0.05, 0) is 159 Å². The second-order valence-corrected chi connectivity index (χ2v) is 30.1. The van der Waals surface area contributed by atoms with Gasteiger partial charge in [-0.2, -0.15) is 0 Å². The standard InChI is InChI=1S/2C55H34N2O/c1-3-14-37(15-4-1)55-46-34-51-54(45-22-9-12-25-50(45)58-51)52(53(46)44-21-7-10-23-47(44)56-55)36-28-26-35(27-29-36)38-16-13-17-39(32-38)40-30-31-43-42-20-8-11-24-48(42)57(49(43)33-40)41-18-5-2-6-19-41;1-3-14-37(15-4-1)55-46-34-51-54(44-22-9-12-25-50(44)58-51)52(53(46)43-21-7-10-23-47(43)56-55)36-28-26-35(27-29-36)38-16-13-17-39(32-38)40-30-31-49-45(33-40)42-20-8-11-24-48(42)57(49)41-18-5-2-6-19-41/h2*1-34H. The lowest BCUT2D eigenvalue weighted by Crippen LogP contribution is -1.93. The molecule has 0 unspecified atom stereocenters. The summed E-state index contributed by atoms with van der Waals surface area (Å²) in [5.41, 5.74) is 30.7. The molecule has 0 amide bonds. The Morgan fingerprint density at radius 3 is 0.983 bits per heavy atom. The highest BCUT2D eigenvalue weighted by Gasteiger charge is 2.26. The lowest BCUT2D eigenvalue weighted by molar-refractivity contribution is 0.669. The summed E-state index contributed by atoms with van der Waals surface area (Å²) in [7, 11) is 0. The lowest BCUT2D eigenvalue weighted by atomic mass is 9.89. The Hall–Kier alpha value is -15.5. The van der Waals surface area contributed by atoms with E-state index in [1.54, 1.807) is 0 Å². The molecule has 6 heterocycles. The minimum Gasteiger partial charge on any atom is -0.456 e. The third-order valence-corrected chi connectivity index (χ3v) is 23.5. The fourth-order valence-electron chi connectivity index (χ4n) is 18.3. The van der Waals surface area contributed by atoms with Gasteiger partial charge in [-0.25, -0.2) is 9.97 Å². The Labute approximate surface area is 667 Å². The van der Waals surface area contributed by atoms with Gasteiger partial charge in [0.1, 0.15) is 22.3 Å². The van der Waals surface area contributed by atoms with Gasteiger partial charge in [0.25, 0.3) is 0 Å². The molecule has 0 radical (unpaired) electrons. The summed E-state index contributed by atoms with van der Waals surface area (Å²) in [6.45, 7) is 0. The SMILES string of the molecule is c1ccc(-c2nc3ccccc3c3c(-c4ccc(-c5cccc(-c6ccc7c(c6)c6ccccc6n7-c6ccccc6)c5)cc4)c4c(cc23)oc2ccccc24)cc1.c1ccc(-c2nc3ccccc3c3c(-c4ccc(-c5cccc(-c6ccc7c8ccccc8n(-c8ccccc8)c7c6)c5)cc4)c4c(cc23)oc2ccccc24)cc1. The second kappa shape index (κ2) is 27.2. The van der Waals surface area contributed by atoms with Crippen LogP contribution in [0.1, 0.15) is 0 Å². The van der Waals surface area contributed by atoms with Crippen LogP contribution in [0.3, 0.4) is 0 Å². The number of nitrogens with zero attached hydrogens (tertiary/aromatic N) is 4. The molecule has 0 aliphatic heterocycles. The Balaban J connectivity index is 0.000000137. The zero-order valence-corrected chi connectivity index (χ0v) is 62.9. The lowest BCUT2D eigenvalue weighted by Gasteiger charge is -2.16. The number of rotatable bonds is 10. The van der Waals surface area contributed by atoms with Crippen LogP contribution in [-0.2, 0) is 0 Å². The van der Waals surface area contributed by atoms with E-state index in [0.29, 0.717) is 0 Å². The van der Waals surface area contributed by atoms with Gasteiger partial charge in [-0.15, -0.1) is 0 Å². The van der Waals surface area contributed by atoms with E-state index < -0.39 is 0 Å². The molecule has 18 aromatic carbocycles. The number of fused-ring (bicyclic) bond motifs is 18. The first-order valence-corrected chi connectivity index (χ1v) is 39.6. The molecule has 540 valence electrons. The minimum absolute atomic E-state index is 0.859. The van der Waals surface area contributed by atoms with E-state index in [1.807, 2.05) is 12.1 Å². The molecule has 0 spiro atoms. The van der Waals surface area contributed by atoms with Crippen molar-refractivity contribution >= 4 is 131 Å². The van der Waals surface area contributed by atoms with Gasteiger partial charge < -0.3 is 18.0 Å². The summed E-state index contributed by atoms with van der Waals surface area (Å²) in [4.78, 5) is 10.5. The minimum atomic E-state index is 0.859. The first-order valence-electron chi connectivity index (χ1n) is 39.6. The van der Waals surface area contributed by atoms with Crippen LogP contribution < -0.4 is 0 Å². The van der Waals surface area contributed by atoms with Crippen molar-refractivity contribution in [2.24, 2.45) is 0 Å². The van der Waals surface area contributed by atoms with Crippen molar-refractivity contribution in [1.82, 2.24) is 19.1 Å². The third-order valence-electron chi connectivity index (χ3n) is 23.5. The van der Waals surface area contributed by atoms with E-state index in [4.69, 9.17) is 18.8 Å². The largest absolute Gasteiger partial charge is 0.456 e. The predicted molar refractivity (Wildman–Crippen MR) is 485 cm³/mol. The van der Waals surface area contributed by atoms with Gasteiger partial charge in [0.05, 0.1) is 44.5 Å². The van der Waals surface area contributed by atoms with Crippen molar-refractivity contribution in [3.05, 3.63) is 413 Å². The van der Waals surface area contributed by atoms with Crippen LogP contribution in [0.25, 0.3) is 231 Å². The number of hydrogen-bond donors (Lipinski definition) is 0. The predicted octanol–water partition coefficient (Wildman–Crippen LogP) is 30.1. The first kappa shape index (κ1) is 66.3. The third kappa shape index (κ3) is 10.9. The summed E-state index contributed by atoms with van der Waals surface area (Å²) in [6, 6.07) is 148. The summed E-state index contributed by atoms with van der Waals surface area (Å²) in [5.74, 6) is 0. The van der Waals surface area contributed by atoms with Crippen LogP contribution in [0.5, 0.6) is 0 Å². The highest BCUT2D eigenvalue weighted by molar-refractivity contribution is 6.30. The van der Waals surface area contributed by atoms with Crippen LogP contribution in [-0.4, -0.2) is 19.1 Å². The molecule has 6 heteroatoms. The van der Waals surface area contributed by atoms with Crippen molar-refractivity contribution in [2.45, 2.75) is 0 Å². The molecular formula is C110H68N4O2. The first-order chi connectivity index (χ1) is 57.5. The molecule has 24 aromatic rings. The van der Waals surface area contributed by atoms with Crippen LogP contribution >= 0.6 is 0 Å². The average Bonchev–Trinajstić information content (AvgIpc) is 1.25. The quantitative estimate of drug-likeness (QED) is 0.128. The van der Waals surface area contributed by atoms with E-state index >= 15 is 0 Å². The van der Waals surface area contributed by atoms with Gasteiger partial charge in [0.2, 0.25) is 0 Å². The molecule has 0 aliphatic carbocycles. The number of para-hydroxylation sites is 8. The van der Waals surface area contributed by atoms with Crippen molar-refractivity contribution in [3.8, 4) is 101 Å². The van der Waals surface area contributed by atoms with E-state index in [2.05, 4.69) is 410 Å². The molecule has 0 N–H and O–H groups in total. The molecule has 0 fully saturated rings. The zero-order chi connectivity index (χ0) is 76.3. The maximum Gasteiger partial charge on any atom is 0.136 e. The van der Waals surface area contributed by atoms with Crippen LogP contribution in [0, 0.1) is 0 Å². The summed E-state index contributed by atoms with van der Waals surface area (Å²) in [5, 5.41) is 16.2. The second-order valence-electron chi connectivity index (χ2n) is 30.1. The van der Waals surface area contributed by atoms with E-state index in [-0.39, 0.29) is 0 Å². The molecule has 0 saturated carbocycles. The Bertz CT molecular complexity index is 8030. The molecule has 6 nitrogen and oxygen atoms in total. The zero-order valence-electron chi connectivity index (χ0n) is 62.9. The van der Waals surface area contributed by atoms with Crippen molar-refractivity contribution < 1.29 is 8.83 Å². The van der Waals surface area contributed by atoms with E-state index in [1.165, 1.54) is 93.5 Å². The number of hydrogen-bond acceptors (Lipinski definition) is 4.